The summed E-state index contributed by atoms with van der Waals surface area (Å²) in [4.78, 5) is 2.05. The Bertz CT molecular complexity index is 284. The lowest BCUT2D eigenvalue weighted by Gasteiger charge is -2.14. The Labute approximate surface area is 84.3 Å². The normalized spacial score (nSPS) is 10.1. The minimum Gasteiger partial charge on any atom is -0.399 e. The fourth-order valence-electron chi connectivity index (χ4n) is 1.19. The van der Waals surface area contributed by atoms with Crippen molar-refractivity contribution in [3.8, 4) is 0 Å². The van der Waals surface area contributed by atoms with Gasteiger partial charge in [-0.25, -0.2) is 0 Å². The Kier molecular flexibility index (Phi) is 3.43. The van der Waals surface area contributed by atoms with Crippen LogP contribution in [0, 0.1) is 0 Å². The van der Waals surface area contributed by atoms with E-state index in [1.165, 1.54) is 0 Å². The SMILES string of the molecule is CN(C)c1ccc(N)c(CCCl)c1. The molecule has 0 fully saturated rings. The standard InChI is InChI=1S/C10H15ClN2/c1-13(2)9-3-4-10(12)8(7-9)5-6-11/h3-4,7H,5-6,12H2,1-2H3. The summed E-state index contributed by atoms with van der Waals surface area (Å²) in [5, 5.41) is 0. The lowest BCUT2D eigenvalue weighted by atomic mass is 10.1. The Morgan fingerprint density at radius 3 is 2.62 bits per heavy atom. The summed E-state index contributed by atoms with van der Waals surface area (Å²) in [6.45, 7) is 0. The van der Waals surface area contributed by atoms with Crippen LogP contribution < -0.4 is 10.6 Å². The molecule has 0 unspecified atom stereocenters. The van der Waals surface area contributed by atoms with Crippen LogP contribution in [0.25, 0.3) is 0 Å². The van der Waals surface area contributed by atoms with Crippen molar-refractivity contribution in [1.82, 2.24) is 0 Å². The van der Waals surface area contributed by atoms with Crippen molar-refractivity contribution in [2.24, 2.45) is 0 Å². The summed E-state index contributed by atoms with van der Waals surface area (Å²) in [5.74, 6) is 0.612. The van der Waals surface area contributed by atoms with Crippen molar-refractivity contribution in [3.05, 3.63) is 23.8 Å². The summed E-state index contributed by atoms with van der Waals surface area (Å²) in [5.41, 5.74) is 8.91. The van der Waals surface area contributed by atoms with Gasteiger partial charge >= 0.3 is 0 Å². The number of hydrogen-bond donors (Lipinski definition) is 1. The van der Waals surface area contributed by atoms with E-state index < -0.39 is 0 Å². The van der Waals surface area contributed by atoms with E-state index in [2.05, 4.69) is 11.0 Å². The maximum atomic E-state index is 5.80. The van der Waals surface area contributed by atoms with Crippen LogP contribution in [-0.4, -0.2) is 20.0 Å². The number of alkyl halides is 1. The first-order valence-electron chi connectivity index (χ1n) is 4.27. The van der Waals surface area contributed by atoms with E-state index in [0.29, 0.717) is 5.88 Å². The highest BCUT2D eigenvalue weighted by Crippen LogP contribution is 2.20. The Hall–Kier alpha value is -0.890. The van der Waals surface area contributed by atoms with Crippen LogP contribution in [0.4, 0.5) is 11.4 Å². The first-order valence-corrected chi connectivity index (χ1v) is 4.80. The first kappa shape index (κ1) is 10.2. The third-order valence-electron chi connectivity index (χ3n) is 2.01. The number of halogens is 1. The van der Waals surface area contributed by atoms with Crippen LogP contribution in [0.1, 0.15) is 5.56 Å². The van der Waals surface area contributed by atoms with Gasteiger partial charge in [0.15, 0.2) is 0 Å². The maximum absolute atomic E-state index is 5.80. The maximum Gasteiger partial charge on any atom is 0.0365 e. The number of aryl methyl sites for hydroxylation is 1. The predicted molar refractivity (Wildman–Crippen MR) is 59.6 cm³/mol. The van der Waals surface area contributed by atoms with Gasteiger partial charge in [-0.1, -0.05) is 0 Å². The molecule has 0 saturated heterocycles. The summed E-state index contributed by atoms with van der Waals surface area (Å²) >= 11 is 5.67. The zero-order valence-corrected chi connectivity index (χ0v) is 8.80. The summed E-state index contributed by atoms with van der Waals surface area (Å²) in [6, 6.07) is 6.02. The molecule has 0 heterocycles. The topological polar surface area (TPSA) is 29.3 Å². The lowest BCUT2D eigenvalue weighted by molar-refractivity contribution is 1.10. The van der Waals surface area contributed by atoms with Crippen molar-refractivity contribution in [1.29, 1.82) is 0 Å². The molecule has 0 aliphatic rings. The average molecular weight is 199 g/mol. The largest absolute Gasteiger partial charge is 0.399 e. The second kappa shape index (κ2) is 4.38. The number of nitrogens with two attached hydrogens (primary N) is 1. The molecule has 0 amide bonds. The molecular weight excluding hydrogens is 184 g/mol. The molecule has 0 radical (unpaired) electrons. The molecule has 3 heteroatoms. The van der Waals surface area contributed by atoms with Crippen molar-refractivity contribution < 1.29 is 0 Å². The molecule has 2 nitrogen and oxygen atoms in total. The molecular formula is C10H15ClN2. The van der Waals surface area contributed by atoms with E-state index in [9.17, 15) is 0 Å². The quantitative estimate of drug-likeness (QED) is 0.596. The number of nitrogens with zero attached hydrogens (tertiary/aromatic N) is 1. The molecule has 0 spiro atoms. The molecule has 1 rings (SSSR count). The third kappa shape index (κ3) is 2.52. The molecule has 0 aliphatic carbocycles. The van der Waals surface area contributed by atoms with Gasteiger partial charge in [0, 0.05) is 31.4 Å². The Balaban J connectivity index is 2.97. The second-order valence-corrected chi connectivity index (χ2v) is 3.59. The van der Waals surface area contributed by atoms with E-state index in [-0.39, 0.29) is 0 Å². The van der Waals surface area contributed by atoms with Crippen LogP contribution in [0.15, 0.2) is 18.2 Å². The van der Waals surface area contributed by atoms with Gasteiger partial charge in [-0.3, -0.25) is 0 Å². The number of benzene rings is 1. The molecule has 0 atom stereocenters. The highest BCUT2D eigenvalue weighted by atomic mass is 35.5. The fraction of sp³-hybridized carbons (Fsp3) is 0.400. The zero-order valence-electron chi connectivity index (χ0n) is 8.05. The van der Waals surface area contributed by atoms with Gasteiger partial charge in [0.1, 0.15) is 0 Å². The van der Waals surface area contributed by atoms with Crippen molar-refractivity contribution in [2.45, 2.75) is 6.42 Å². The lowest BCUT2D eigenvalue weighted by Crippen LogP contribution is -2.09. The van der Waals surface area contributed by atoms with Gasteiger partial charge in [-0.15, -0.1) is 11.6 Å². The number of rotatable bonds is 3. The minimum absolute atomic E-state index is 0.612. The van der Waals surface area contributed by atoms with Crippen LogP contribution in [0.3, 0.4) is 0 Å². The zero-order chi connectivity index (χ0) is 9.84. The Morgan fingerprint density at radius 2 is 2.08 bits per heavy atom. The second-order valence-electron chi connectivity index (χ2n) is 3.22. The van der Waals surface area contributed by atoms with Crippen LogP contribution in [-0.2, 0) is 6.42 Å². The number of anilines is 2. The minimum atomic E-state index is 0.612. The molecule has 2 N–H and O–H groups in total. The molecule has 72 valence electrons. The predicted octanol–water partition coefficient (Wildman–Crippen LogP) is 2.12. The van der Waals surface area contributed by atoms with E-state index in [1.54, 1.807) is 0 Å². The number of hydrogen-bond acceptors (Lipinski definition) is 2. The van der Waals surface area contributed by atoms with Crippen molar-refractivity contribution in [3.63, 3.8) is 0 Å². The van der Waals surface area contributed by atoms with Gasteiger partial charge < -0.3 is 10.6 Å². The van der Waals surface area contributed by atoms with Crippen LogP contribution >= 0.6 is 11.6 Å². The average Bonchev–Trinajstić information content (AvgIpc) is 2.08. The summed E-state index contributed by atoms with van der Waals surface area (Å²) < 4.78 is 0. The van der Waals surface area contributed by atoms with Gasteiger partial charge in [0.2, 0.25) is 0 Å². The third-order valence-corrected chi connectivity index (χ3v) is 2.20. The first-order chi connectivity index (χ1) is 6.15. The summed E-state index contributed by atoms with van der Waals surface area (Å²) in [6.07, 6.45) is 0.828. The van der Waals surface area contributed by atoms with Crippen LogP contribution in [0.5, 0.6) is 0 Å². The van der Waals surface area contributed by atoms with E-state index in [0.717, 1.165) is 23.4 Å². The highest BCUT2D eigenvalue weighted by Gasteiger charge is 2.01. The van der Waals surface area contributed by atoms with Crippen molar-refractivity contribution in [2.75, 3.05) is 30.6 Å². The van der Waals surface area contributed by atoms with Gasteiger partial charge in [0.05, 0.1) is 0 Å². The summed E-state index contributed by atoms with van der Waals surface area (Å²) in [7, 11) is 4.02. The van der Waals surface area contributed by atoms with Crippen molar-refractivity contribution >= 4 is 23.0 Å². The fourth-order valence-corrected chi connectivity index (χ4v) is 1.39. The van der Waals surface area contributed by atoms with E-state index >= 15 is 0 Å². The molecule has 0 aliphatic heterocycles. The molecule has 1 aromatic rings. The Morgan fingerprint density at radius 1 is 1.38 bits per heavy atom. The van der Waals surface area contributed by atoms with Gasteiger partial charge in [0.25, 0.3) is 0 Å². The van der Waals surface area contributed by atoms with Gasteiger partial charge in [-0.05, 0) is 30.2 Å². The number of nitrogen functional groups attached to an aromatic ring is 1. The van der Waals surface area contributed by atoms with Gasteiger partial charge in [-0.2, -0.15) is 0 Å². The van der Waals surface area contributed by atoms with E-state index in [4.69, 9.17) is 17.3 Å². The highest BCUT2D eigenvalue weighted by molar-refractivity contribution is 6.18. The molecule has 1 aromatic carbocycles. The molecule has 13 heavy (non-hydrogen) atoms. The van der Waals surface area contributed by atoms with E-state index in [1.807, 2.05) is 26.2 Å². The van der Waals surface area contributed by atoms with Crippen LogP contribution in [0.2, 0.25) is 0 Å². The molecule has 0 bridgehead atoms. The molecule has 0 aromatic heterocycles. The smallest absolute Gasteiger partial charge is 0.0365 e. The molecule has 0 saturated carbocycles. The monoisotopic (exact) mass is 198 g/mol.